The molecular formula is C28H18O4. The fraction of sp³-hybridized carbons (Fsp3) is 0. The minimum absolute atomic E-state index is 0.378. The lowest BCUT2D eigenvalue weighted by molar-refractivity contribution is -0.129. The molecule has 3 rings (SSSR count). The molecule has 0 heterocycles. The zero-order valence-corrected chi connectivity index (χ0v) is 17.1. The Hall–Kier alpha value is -4.80. The molecule has 0 amide bonds. The summed E-state index contributed by atoms with van der Waals surface area (Å²) >= 11 is 0. The third-order valence-corrected chi connectivity index (χ3v) is 4.10. The first kappa shape index (κ1) is 21.9. The Morgan fingerprint density at radius 2 is 0.969 bits per heavy atom. The van der Waals surface area contributed by atoms with E-state index in [1.54, 1.807) is 36.4 Å². The number of carbonyl (C=O) groups excluding carboxylic acids is 2. The molecule has 0 fully saturated rings. The van der Waals surface area contributed by atoms with Crippen LogP contribution in [0.3, 0.4) is 0 Å². The van der Waals surface area contributed by atoms with Crippen molar-refractivity contribution in [2.45, 2.75) is 0 Å². The van der Waals surface area contributed by atoms with Gasteiger partial charge in [0.15, 0.2) is 0 Å². The zero-order chi connectivity index (χ0) is 22.8. The van der Waals surface area contributed by atoms with Crippen LogP contribution in [0.5, 0.6) is 11.5 Å². The van der Waals surface area contributed by atoms with Gasteiger partial charge >= 0.3 is 11.9 Å². The normalized spacial score (nSPS) is 9.25. The third-order valence-electron chi connectivity index (χ3n) is 4.10. The van der Waals surface area contributed by atoms with E-state index in [0.717, 1.165) is 23.3 Å². The second-order valence-corrected chi connectivity index (χ2v) is 6.32. The highest BCUT2D eigenvalue weighted by molar-refractivity contribution is 5.84. The molecule has 0 aromatic heterocycles. The van der Waals surface area contributed by atoms with E-state index in [2.05, 4.69) is 36.8 Å². The van der Waals surface area contributed by atoms with Gasteiger partial charge in [-0.2, -0.15) is 0 Å². The van der Waals surface area contributed by atoms with Crippen LogP contribution in [0.15, 0.2) is 98.1 Å². The Morgan fingerprint density at radius 3 is 1.34 bits per heavy atom. The molecule has 0 aliphatic rings. The summed E-state index contributed by atoms with van der Waals surface area (Å²) in [5, 5.41) is 0. The van der Waals surface area contributed by atoms with E-state index in [0.29, 0.717) is 22.6 Å². The van der Waals surface area contributed by atoms with E-state index in [4.69, 9.17) is 9.47 Å². The van der Waals surface area contributed by atoms with E-state index < -0.39 is 11.9 Å². The number of esters is 2. The highest BCUT2D eigenvalue weighted by Gasteiger charge is 2.05. The van der Waals surface area contributed by atoms with E-state index >= 15 is 0 Å². The van der Waals surface area contributed by atoms with Crippen molar-refractivity contribution in [3.63, 3.8) is 0 Å². The standard InChI is InChI=1S/C28H18O4/c1-3-27(29)31-25-11-7-5-9-23(25)19-17-21-13-15-22(16-14-21)18-20-24-10-6-8-12-26(24)32-28(30)4-2/h3-16H,1-2H2. The molecule has 3 aromatic rings. The number of benzene rings is 3. The molecule has 0 aliphatic heterocycles. The lowest BCUT2D eigenvalue weighted by Crippen LogP contribution is -2.04. The van der Waals surface area contributed by atoms with Gasteiger partial charge in [0.1, 0.15) is 11.5 Å². The van der Waals surface area contributed by atoms with Crippen LogP contribution in [0.4, 0.5) is 0 Å². The van der Waals surface area contributed by atoms with Crippen molar-refractivity contribution < 1.29 is 19.1 Å². The summed E-state index contributed by atoms with van der Waals surface area (Å²) in [7, 11) is 0. The molecule has 32 heavy (non-hydrogen) atoms. The molecule has 0 N–H and O–H groups in total. The molecule has 3 aromatic carbocycles. The quantitative estimate of drug-likeness (QED) is 0.267. The molecule has 0 unspecified atom stereocenters. The molecule has 4 heteroatoms. The Labute approximate surface area is 186 Å². The van der Waals surface area contributed by atoms with Crippen LogP contribution >= 0.6 is 0 Å². The summed E-state index contributed by atoms with van der Waals surface area (Å²) in [6, 6.07) is 21.4. The molecule has 4 nitrogen and oxygen atoms in total. The van der Waals surface area contributed by atoms with Crippen molar-refractivity contribution in [2.24, 2.45) is 0 Å². The number of hydrogen-bond donors (Lipinski definition) is 0. The minimum atomic E-state index is -0.539. The second kappa shape index (κ2) is 10.8. The van der Waals surface area contributed by atoms with Crippen molar-refractivity contribution in [3.05, 3.63) is 120 Å². The van der Waals surface area contributed by atoms with Crippen molar-refractivity contribution in [1.82, 2.24) is 0 Å². The highest BCUT2D eigenvalue weighted by Crippen LogP contribution is 2.18. The summed E-state index contributed by atoms with van der Waals surface area (Å²) in [5.74, 6) is 11.8. The highest BCUT2D eigenvalue weighted by atomic mass is 16.5. The van der Waals surface area contributed by atoms with Gasteiger partial charge in [0.2, 0.25) is 0 Å². The maximum Gasteiger partial charge on any atom is 0.335 e. The lowest BCUT2D eigenvalue weighted by atomic mass is 10.1. The Balaban J connectivity index is 1.77. The van der Waals surface area contributed by atoms with Gasteiger partial charge in [-0.1, -0.05) is 61.1 Å². The predicted molar refractivity (Wildman–Crippen MR) is 123 cm³/mol. The first-order valence-electron chi connectivity index (χ1n) is 9.59. The first-order chi connectivity index (χ1) is 15.6. The first-order valence-corrected chi connectivity index (χ1v) is 9.59. The Morgan fingerprint density at radius 1 is 0.594 bits per heavy atom. The van der Waals surface area contributed by atoms with Crippen LogP contribution < -0.4 is 9.47 Å². The van der Waals surface area contributed by atoms with Gasteiger partial charge in [-0.05, 0) is 48.5 Å². The van der Waals surface area contributed by atoms with Crippen LogP contribution in [-0.2, 0) is 9.59 Å². The summed E-state index contributed by atoms with van der Waals surface area (Å²) < 4.78 is 10.4. The fourth-order valence-corrected chi connectivity index (χ4v) is 2.53. The maximum atomic E-state index is 11.5. The van der Waals surface area contributed by atoms with Crippen molar-refractivity contribution in [1.29, 1.82) is 0 Å². The molecule has 0 atom stereocenters. The lowest BCUT2D eigenvalue weighted by Gasteiger charge is -2.03. The molecule has 0 saturated heterocycles. The van der Waals surface area contributed by atoms with Crippen LogP contribution in [0.2, 0.25) is 0 Å². The van der Waals surface area contributed by atoms with Crippen LogP contribution in [0, 0.1) is 23.7 Å². The number of para-hydroxylation sites is 2. The van der Waals surface area contributed by atoms with Gasteiger partial charge < -0.3 is 9.47 Å². The monoisotopic (exact) mass is 418 g/mol. The van der Waals surface area contributed by atoms with Gasteiger partial charge in [0.25, 0.3) is 0 Å². The largest absolute Gasteiger partial charge is 0.422 e. The fourth-order valence-electron chi connectivity index (χ4n) is 2.53. The minimum Gasteiger partial charge on any atom is -0.422 e. The Bertz CT molecular complexity index is 1190. The number of ether oxygens (including phenoxy) is 2. The van der Waals surface area contributed by atoms with Crippen molar-refractivity contribution in [3.8, 4) is 35.2 Å². The topological polar surface area (TPSA) is 52.6 Å². The van der Waals surface area contributed by atoms with Gasteiger partial charge in [0.05, 0.1) is 11.1 Å². The van der Waals surface area contributed by atoms with Gasteiger partial charge in [-0.3, -0.25) is 0 Å². The molecule has 0 aliphatic carbocycles. The van der Waals surface area contributed by atoms with E-state index in [-0.39, 0.29) is 0 Å². The molecule has 0 radical (unpaired) electrons. The molecule has 0 spiro atoms. The van der Waals surface area contributed by atoms with E-state index in [9.17, 15) is 9.59 Å². The van der Waals surface area contributed by atoms with E-state index in [1.165, 1.54) is 0 Å². The predicted octanol–water partition coefficient (Wildman–Crippen LogP) is 4.67. The smallest absolute Gasteiger partial charge is 0.335 e. The molecular weight excluding hydrogens is 400 g/mol. The summed E-state index contributed by atoms with van der Waals surface area (Å²) in [4.78, 5) is 22.9. The number of hydrogen-bond acceptors (Lipinski definition) is 4. The number of rotatable bonds is 4. The zero-order valence-electron chi connectivity index (χ0n) is 17.1. The summed E-state index contributed by atoms with van der Waals surface area (Å²) in [5.41, 5.74) is 2.75. The molecule has 154 valence electrons. The summed E-state index contributed by atoms with van der Waals surface area (Å²) in [6.45, 7) is 6.79. The third kappa shape index (κ3) is 6.10. The SMILES string of the molecule is C=CC(=O)Oc1ccccc1C#Cc1ccc(C#Cc2ccccc2OC(=O)C=C)cc1. The molecule has 0 saturated carbocycles. The maximum absolute atomic E-state index is 11.5. The molecule has 0 bridgehead atoms. The summed E-state index contributed by atoms with van der Waals surface area (Å²) in [6.07, 6.45) is 2.21. The van der Waals surface area contributed by atoms with E-state index in [1.807, 2.05) is 36.4 Å². The number of carbonyl (C=O) groups is 2. The second-order valence-electron chi connectivity index (χ2n) is 6.32. The van der Waals surface area contributed by atoms with Crippen molar-refractivity contribution in [2.75, 3.05) is 0 Å². The van der Waals surface area contributed by atoms with Crippen LogP contribution in [0.1, 0.15) is 22.3 Å². The average Bonchev–Trinajstić information content (AvgIpc) is 2.83. The van der Waals surface area contributed by atoms with Gasteiger partial charge in [0, 0.05) is 23.3 Å². The van der Waals surface area contributed by atoms with Crippen molar-refractivity contribution >= 4 is 11.9 Å². The van der Waals surface area contributed by atoms with Crippen LogP contribution in [0.25, 0.3) is 0 Å². The Kier molecular flexibility index (Phi) is 7.41. The van der Waals surface area contributed by atoms with Crippen LogP contribution in [-0.4, -0.2) is 11.9 Å². The van der Waals surface area contributed by atoms with Gasteiger partial charge in [-0.15, -0.1) is 0 Å². The van der Waals surface area contributed by atoms with Gasteiger partial charge in [-0.25, -0.2) is 9.59 Å². The average molecular weight is 418 g/mol.